The fourth-order valence-electron chi connectivity index (χ4n) is 1.66. The summed E-state index contributed by atoms with van der Waals surface area (Å²) in [5.74, 6) is -0.739. The van der Waals surface area contributed by atoms with E-state index in [1.165, 1.54) is 6.92 Å². The molecule has 0 aliphatic rings. The maximum atomic E-state index is 11.1. The molecule has 0 aromatic carbocycles. The van der Waals surface area contributed by atoms with Crippen LogP contribution in [0.5, 0.6) is 0 Å². The first-order valence-corrected chi connectivity index (χ1v) is 5.68. The van der Waals surface area contributed by atoms with Crippen molar-refractivity contribution >= 4 is 33.2 Å². The van der Waals surface area contributed by atoms with Crippen molar-refractivity contribution in [2.75, 3.05) is 0 Å². The normalized spacial score (nSPS) is 10.7. The van der Waals surface area contributed by atoms with Crippen LogP contribution in [-0.4, -0.2) is 26.2 Å². The molecule has 0 spiro atoms. The second kappa shape index (κ2) is 4.29. The number of carbonyl (C=O) groups is 2. The Labute approximate surface area is 105 Å². The van der Waals surface area contributed by atoms with Gasteiger partial charge in [-0.25, -0.2) is 9.78 Å². The molecule has 0 aliphatic heterocycles. The van der Waals surface area contributed by atoms with Gasteiger partial charge in [-0.1, -0.05) is 6.07 Å². The highest BCUT2D eigenvalue weighted by atomic mass is 79.9. The van der Waals surface area contributed by atoms with Crippen LogP contribution in [0.15, 0.2) is 22.8 Å². The number of rotatable bonds is 3. The molecular formula is C11H9BrN2O3. The van der Waals surface area contributed by atoms with Crippen LogP contribution >= 0.6 is 15.9 Å². The van der Waals surface area contributed by atoms with Gasteiger partial charge in [0.2, 0.25) is 0 Å². The Morgan fingerprint density at radius 3 is 2.76 bits per heavy atom. The van der Waals surface area contributed by atoms with Crippen molar-refractivity contribution in [2.45, 2.75) is 13.3 Å². The number of carboxylic acid groups (broad SMARTS) is 1. The monoisotopic (exact) mass is 296 g/mol. The Morgan fingerprint density at radius 1 is 1.47 bits per heavy atom. The number of aromatic carboxylic acids is 1. The van der Waals surface area contributed by atoms with Crippen molar-refractivity contribution in [3.05, 3.63) is 34.3 Å². The summed E-state index contributed by atoms with van der Waals surface area (Å²) in [5.41, 5.74) is 0.436. The predicted molar refractivity (Wildman–Crippen MR) is 64.2 cm³/mol. The van der Waals surface area contributed by atoms with Crippen LogP contribution in [0.3, 0.4) is 0 Å². The number of ketones is 1. The fraction of sp³-hybridized carbons (Fsp3) is 0.182. The van der Waals surface area contributed by atoms with Crippen molar-refractivity contribution in [1.82, 2.24) is 9.38 Å². The third-order valence-corrected chi connectivity index (χ3v) is 2.91. The van der Waals surface area contributed by atoms with Crippen molar-refractivity contribution in [3.8, 4) is 0 Å². The minimum Gasteiger partial charge on any atom is -0.476 e. The molecule has 0 fully saturated rings. The van der Waals surface area contributed by atoms with E-state index in [0.29, 0.717) is 15.9 Å². The minimum atomic E-state index is -1.10. The van der Waals surface area contributed by atoms with Gasteiger partial charge < -0.3 is 5.11 Å². The SMILES string of the molecule is CC(=O)Cc1nc(C(=O)O)c2cccc(Br)n12. The van der Waals surface area contributed by atoms with Gasteiger partial charge in [-0.15, -0.1) is 0 Å². The molecule has 6 heteroatoms. The molecule has 0 bridgehead atoms. The smallest absolute Gasteiger partial charge is 0.356 e. The van der Waals surface area contributed by atoms with Crippen LogP contribution in [0, 0.1) is 0 Å². The van der Waals surface area contributed by atoms with Crippen molar-refractivity contribution < 1.29 is 14.7 Å². The molecule has 5 nitrogen and oxygen atoms in total. The topological polar surface area (TPSA) is 71.7 Å². The Kier molecular flexibility index (Phi) is 2.97. The number of carbonyl (C=O) groups excluding carboxylic acids is 1. The molecule has 0 aliphatic carbocycles. The van der Waals surface area contributed by atoms with Crippen LogP contribution in [0.2, 0.25) is 0 Å². The number of hydrogen-bond donors (Lipinski definition) is 1. The first kappa shape index (κ1) is 11.8. The second-order valence-electron chi connectivity index (χ2n) is 3.63. The largest absolute Gasteiger partial charge is 0.476 e. The van der Waals surface area contributed by atoms with Gasteiger partial charge >= 0.3 is 5.97 Å². The lowest BCUT2D eigenvalue weighted by Gasteiger charge is -2.01. The summed E-state index contributed by atoms with van der Waals surface area (Å²) < 4.78 is 2.30. The quantitative estimate of drug-likeness (QED) is 0.879. The number of halogens is 1. The van der Waals surface area contributed by atoms with Crippen molar-refractivity contribution in [2.24, 2.45) is 0 Å². The third-order valence-electron chi connectivity index (χ3n) is 2.29. The van der Waals surface area contributed by atoms with E-state index in [-0.39, 0.29) is 17.9 Å². The standard InChI is InChI=1S/C11H9BrN2O3/c1-6(15)5-9-13-10(11(16)17)7-3-2-4-8(12)14(7)9/h2-4H,5H2,1H3,(H,16,17). The van der Waals surface area contributed by atoms with Gasteiger partial charge in [0.25, 0.3) is 0 Å². The first-order valence-electron chi connectivity index (χ1n) is 4.89. The zero-order valence-corrected chi connectivity index (χ0v) is 10.6. The highest BCUT2D eigenvalue weighted by Crippen LogP contribution is 2.20. The number of nitrogens with zero attached hydrogens (tertiary/aromatic N) is 2. The summed E-state index contributed by atoms with van der Waals surface area (Å²) in [7, 11) is 0. The summed E-state index contributed by atoms with van der Waals surface area (Å²) in [6.45, 7) is 1.44. The number of aromatic nitrogens is 2. The van der Waals surface area contributed by atoms with Gasteiger partial charge in [0, 0.05) is 0 Å². The third kappa shape index (κ3) is 2.08. The zero-order valence-electron chi connectivity index (χ0n) is 8.98. The average Bonchev–Trinajstić information content (AvgIpc) is 2.57. The molecule has 0 amide bonds. The summed E-state index contributed by atoms with van der Waals surface area (Å²) in [5, 5.41) is 9.05. The fourth-order valence-corrected chi connectivity index (χ4v) is 2.21. The summed E-state index contributed by atoms with van der Waals surface area (Å²) in [4.78, 5) is 26.2. The van der Waals surface area contributed by atoms with Crippen LogP contribution < -0.4 is 0 Å². The molecule has 0 saturated heterocycles. The Bertz CT molecular complexity index is 618. The van der Waals surface area contributed by atoms with E-state index in [9.17, 15) is 9.59 Å². The van der Waals surface area contributed by atoms with Gasteiger partial charge in [0.05, 0.1) is 16.5 Å². The lowest BCUT2D eigenvalue weighted by Crippen LogP contribution is -2.03. The Hall–Kier alpha value is -1.69. The molecule has 2 aromatic heterocycles. The maximum Gasteiger partial charge on any atom is 0.356 e. The van der Waals surface area contributed by atoms with Crippen molar-refractivity contribution in [1.29, 1.82) is 0 Å². The van der Waals surface area contributed by atoms with Crippen LogP contribution in [0.4, 0.5) is 0 Å². The van der Waals surface area contributed by atoms with Gasteiger partial charge in [-0.2, -0.15) is 0 Å². The lowest BCUT2D eigenvalue weighted by atomic mass is 10.3. The van der Waals surface area contributed by atoms with Gasteiger partial charge in [0.15, 0.2) is 5.69 Å². The number of carboxylic acids is 1. The molecule has 1 N–H and O–H groups in total. The molecule has 0 atom stereocenters. The van der Waals surface area contributed by atoms with E-state index in [1.807, 2.05) is 0 Å². The first-order chi connectivity index (χ1) is 8.00. The summed E-state index contributed by atoms with van der Waals surface area (Å²) in [6.07, 6.45) is 0.108. The van der Waals surface area contributed by atoms with Crippen LogP contribution in [0.25, 0.3) is 5.52 Å². The van der Waals surface area contributed by atoms with Crippen LogP contribution in [-0.2, 0) is 11.2 Å². The van der Waals surface area contributed by atoms with E-state index < -0.39 is 5.97 Å². The molecule has 17 heavy (non-hydrogen) atoms. The summed E-state index contributed by atoms with van der Waals surface area (Å²) in [6, 6.07) is 5.15. The molecule has 0 unspecified atom stereocenters. The number of hydrogen-bond acceptors (Lipinski definition) is 3. The maximum absolute atomic E-state index is 11.1. The van der Waals surface area contributed by atoms with E-state index in [4.69, 9.17) is 5.11 Å². The van der Waals surface area contributed by atoms with Crippen molar-refractivity contribution in [3.63, 3.8) is 0 Å². The molecular weight excluding hydrogens is 288 g/mol. The van der Waals surface area contributed by atoms with Crippen LogP contribution in [0.1, 0.15) is 23.2 Å². The molecule has 0 radical (unpaired) electrons. The zero-order chi connectivity index (χ0) is 12.6. The molecule has 88 valence electrons. The summed E-state index contributed by atoms with van der Waals surface area (Å²) >= 11 is 3.32. The van der Waals surface area contributed by atoms with E-state index in [1.54, 1.807) is 22.6 Å². The molecule has 2 heterocycles. The minimum absolute atomic E-state index is 0.0393. The van der Waals surface area contributed by atoms with Gasteiger partial charge in [-0.3, -0.25) is 9.20 Å². The Morgan fingerprint density at radius 2 is 2.18 bits per heavy atom. The highest BCUT2D eigenvalue weighted by Gasteiger charge is 2.18. The number of imidazole rings is 1. The predicted octanol–water partition coefficient (Wildman–Crippen LogP) is 1.93. The number of pyridine rings is 1. The number of Topliss-reactive ketones (excluding diaryl/α,β-unsaturated/α-hetero) is 1. The number of fused-ring (bicyclic) bond motifs is 1. The molecule has 2 aromatic rings. The highest BCUT2D eigenvalue weighted by molar-refractivity contribution is 9.10. The van der Waals surface area contributed by atoms with E-state index >= 15 is 0 Å². The second-order valence-corrected chi connectivity index (χ2v) is 4.44. The van der Waals surface area contributed by atoms with Gasteiger partial charge in [0.1, 0.15) is 11.6 Å². The van der Waals surface area contributed by atoms with E-state index in [2.05, 4.69) is 20.9 Å². The lowest BCUT2D eigenvalue weighted by molar-refractivity contribution is -0.116. The Balaban J connectivity index is 2.75. The van der Waals surface area contributed by atoms with Gasteiger partial charge in [-0.05, 0) is 35.0 Å². The molecule has 0 saturated carbocycles. The van der Waals surface area contributed by atoms with E-state index in [0.717, 1.165) is 0 Å². The average molecular weight is 297 g/mol. The molecule has 2 rings (SSSR count).